The summed E-state index contributed by atoms with van der Waals surface area (Å²) in [5, 5.41) is 4.80. The molecule has 1 N–H and O–H groups in total. The Labute approximate surface area is 108 Å². The van der Waals surface area contributed by atoms with Crippen LogP contribution in [0.3, 0.4) is 0 Å². The minimum Gasteiger partial charge on any atom is -0.444 e. The largest absolute Gasteiger partial charge is 0.444 e. The summed E-state index contributed by atoms with van der Waals surface area (Å²) >= 11 is 1.60. The van der Waals surface area contributed by atoms with Crippen molar-refractivity contribution in [3.05, 3.63) is 29.5 Å². The highest BCUT2D eigenvalue weighted by molar-refractivity contribution is 7.13. The average molecular weight is 263 g/mol. The molecule has 0 atom stereocenters. The highest BCUT2D eigenvalue weighted by atomic mass is 32.1. The third-order valence-electron chi connectivity index (χ3n) is 2.79. The van der Waals surface area contributed by atoms with E-state index in [9.17, 15) is 4.79 Å². The average Bonchev–Trinajstić information content (AvgIpc) is 2.98. The summed E-state index contributed by atoms with van der Waals surface area (Å²) in [5.74, 6) is 0.727. The maximum absolute atomic E-state index is 11.3. The topological polar surface area (TPSA) is 58.4 Å². The van der Waals surface area contributed by atoms with E-state index >= 15 is 0 Å². The fraction of sp³-hybridized carbons (Fsp3) is 0.333. The number of nitrogens with zero attached hydrogens (tertiary/aromatic N) is 2. The fourth-order valence-corrected chi connectivity index (χ4v) is 2.60. The van der Waals surface area contributed by atoms with Gasteiger partial charge in [0.2, 0.25) is 11.8 Å². The van der Waals surface area contributed by atoms with E-state index in [1.807, 2.05) is 17.5 Å². The van der Waals surface area contributed by atoms with Crippen molar-refractivity contribution < 1.29 is 9.21 Å². The SMILES string of the molecule is O=C1CN(Cc2coc(-c3cccs3)n2)CCN1. The van der Waals surface area contributed by atoms with E-state index in [1.165, 1.54) is 0 Å². The lowest BCUT2D eigenvalue weighted by Crippen LogP contribution is -2.47. The van der Waals surface area contributed by atoms with Crippen LogP contribution in [0.15, 0.2) is 28.2 Å². The molecule has 94 valence electrons. The number of hydrogen-bond donors (Lipinski definition) is 1. The van der Waals surface area contributed by atoms with Gasteiger partial charge in [-0.25, -0.2) is 4.98 Å². The van der Waals surface area contributed by atoms with E-state index < -0.39 is 0 Å². The maximum atomic E-state index is 11.3. The van der Waals surface area contributed by atoms with Gasteiger partial charge in [0.15, 0.2) is 0 Å². The summed E-state index contributed by atoms with van der Waals surface area (Å²) < 4.78 is 5.45. The lowest BCUT2D eigenvalue weighted by Gasteiger charge is -2.25. The number of amides is 1. The molecule has 0 aromatic carbocycles. The molecular formula is C12H13N3O2S. The second-order valence-corrected chi connectivity index (χ2v) is 5.13. The number of nitrogens with one attached hydrogen (secondary N) is 1. The predicted molar refractivity (Wildman–Crippen MR) is 68.1 cm³/mol. The first-order chi connectivity index (χ1) is 8.81. The number of carbonyl (C=O) groups excluding carboxylic acids is 1. The number of hydrogen-bond acceptors (Lipinski definition) is 5. The van der Waals surface area contributed by atoms with E-state index in [4.69, 9.17) is 4.42 Å². The van der Waals surface area contributed by atoms with Crippen LogP contribution in [0, 0.1) is 0 Å². The smallest absolute Gasteiger partial charge is 0.236 e. The van der Waals surface area contributed by atoms with Gasteiger partial charge in [0.25, 0.3) is 0 Å². The standard InChI is InChI=1S/C12H13N3O2S/c16-11-7-15(4-3-13-11)6-9-8-17-12(14-9)10-2-1-5-18-10/h1-2,5,8H,3-4,6-7H2,(H,13,16). The molecule has 3 rings (SSSR count). The van der Waals surface area contributed by atoms with Gasteiger partial charge in [-0.15, -0.1) is 11.3 Å². The molecule has 5 nitrogen and oxygen atoms in total. The van der Waals surface area contributed by atoms with Crippen molar-refractivity contribution in [2.24, 2.45) is 0 Å². The molecule has 18 heavy (non-hydrogen) atoms. The van der Waals surface area contributed by atoms with E-state index in [-0.39, 0.29) is 5.91 Å². The number of oxazole rings is 1. The lowest BCUT2D eigenvalue weighted by molar-refractivity contribution is -0.124. The third-order valence-corrected chi connectivity index (χ3v) is 3.64. The first kappa shape index (κ1) is 11.4. The Bertz CT molecular complexity index is 535. The molecule has 0 bridgehead atoms. The molecule has 0 radical (unpaired) electrons. The molecule has 1 saturated heterocycles. The first-order valence-electron chi connectivity index (χ1n) is 5.78. The van der Waals surface area contributed by atoms with Crippen LogP contribution < -0.4 is 5.32 Å². The van der Waals surface area contributed by atoms with Crippen molar-refractivity contribution in [2.75, 3.05) is 19.6 Å². The van der Waals surface area contributed by atoms with Gasteiger partial charge < -0.3 is 9.73 Å². The Kier molecular flexibility index (Phi) is 3.12. The highest BCUT2D eigenvalue weighted by Crippen LogP contribution is 2.23. The van der Waals surface area contributed by atoms with Crippen molar-refractivity contribution in [3.63, 3.8) is 0 Å². The number of thiophene rings is 1. The lowest BCUT2D eigenvalue weighted by atomic mass is 10.3. The van der Waals surface area contributed by atoms with Gasteiger partial charge in [-0.2, -0.15) is 0 Å². The van der Waals surface area contributed by atoms with E-state index in [2.05, 4.69) is 15.2 Å². The Morgan fingerprint density at radius 2 is 2.50 bits per heavy atom. The number of rotatable bonds is 3. The molecule has 1 amide bonds. The van der Waals surface area contributed by atoms with Crippen LogP contribution in [0.2, 0.25) is 0 Å². The van der Waals surface area contributed by atoms with E-state index in [0.717, 1.165) is 17.1 Å². The molecule has 6 heteroatoms. The van der Waals surface area contributed by atoms with Crippen LogP contribution in [0.4, 0.5) is 0 Å². The highest BCUT2D eigenvalue weighted by Gasteiger charge is 2.17. The van der Waals surface area contributed by atoms with Crippen molar-refractivity contribution in [1.82, 2.24) is 15.2 Å². The molecule has 0 unspecified atom stereocenters. The first-order valence-corrected chi connectivity index (χ1v) is 6.66. The van der Waals surface area contributed by atoms with Gasteiger partial charge in [-0.1, -0.05) is 6.07 Å². The monoisotopic (exact) mass is 263 g/mol. The minimum atomic E-state index is 0.0724. The molecule has 1 fully saturated rings. The van der Waals surface area contributed by atoms with Gasteiger partial charge in [0, 0.05) is 19.6 Å². The second-order valence-electron chi connectivity index (χ2n) is 4.18. The van der Waals surface area contributed by atoms with Crippen molar-refractivity contribution in [1.29, 1.82) is 0 Å². The van der Waals surface area contributed by atoms with Crippen molar-refractivity contribution >= 4 is 17.2 Å². The summed E-state index contributed by atoms with van der Waals surface area (Å²) in [6, 6.07) is 3.95. The fourth-order valence-electron chi connectivity index (χ4n) is 1.95. The van der Waals surface area contributed by atoms with Crippen LogP contribution in [-0.2, 0) is 11.3 Å². The number of piperazine rings is 1. The van der Waals surface area contributed by atoms with Crippen LogP contribution in [-0.4, -0.2) is 35.4 Å². The van der Waals surface area contributed by atoms with Gasteiger partial charge in [-0.3, -0.25) is 9.69 Å². The Hall–Kier alpha value is -1.66. The Morgan fingerprint density at radius 3 is 3.28 bits per heavy atom. The van der Waals surface area contributed by atoms with Crippen LogP contribution >= 0.6 is 11.3 Å². The molecular weight excluding hydrogens is 250 g/mol. The zero-order chi connectivity index (χ0) is 12.4. The third kappa shape index (κ3) is 2.44. The van der Waals surface area contributed by atoms with Gasteiger partial charge in [0.1, 0.15) is 6.26 Å². The summed E-state index contributed by atoms with van der Waals surface area (Å²) in [4.78, 5) is 18.8. The summed E-state index contributed by atoms with van der Waals surface area (Å²) in [5.41, 5.74) is 0.869. The number of aromatic nitrogens is 1. The zero-order valence-corrected chi connectivity index (χ0v) is 10.6. The molecule has 3 heterocycles. The summed E-state index contributed by atoms with van der Waals surface area (Å²) in [7, 11) is 0. The molecule has 0 saturated carbocycles. The maximum Gasteiger partial charge on any atom is 0.236 e. The van der Waals surface area contributed by atoms with Gasteiger partial charge in [0.05, 0.1) is 17.1 Å². The normalized spacial score (nSPS) is 16.8. The Morgan fingerprint density at radius 1 is 1.56 bits per heavy atom. The van der Waals surface area contributed by atoms with E-state index in [0.29, 0.717) is 25.5 Å². The van der Waals surface area contributed by atoms with Crippen molar-refractivity contribution in [3.8, 4) is 10.8 Å². The number of carbonyl (C=O) groups is 1. The predicted octanol–water partition coefficient (Wildman–Crippen LogP) is 1.33. The Balaban J connectivity index is 1.68. The molecule has 1 aliphatic heterocycles. The van der Waals surface area contributed by atoms with Gasteiger partial charge in [-0.05, 0) is 11.4 Å². The molecule has 0 spiro atoms. The summed E-state index contributed by atoms with van der Waals surface area (Å²) in [6.45, 7) is 2.64. The van der Waals surface area contributed by atoms with Crippen LogP contribution in [0.25, 0.3) is 10.8 Å². The van der Waals surface area contributed by atoms with Crippen LogP contribution in [0.5, 0.6) is 0 Å². The van der Waals surface area contributed by atoms with Gasteiger partial charge >= 0.3 is 0 Å². The molecule has 2 aromatic rings. The molecule has 0 aliphatic carbocycles. The second kappa shape index (κ2) is 4.91. The quantitative estimate of drug-likeness (QED) is 0.907. The van der Waals surface area contributed by atoms with Crippen molar-refractivity contribution in [2.45, 2.75) is 6.54 Å². The van der Waals surface area contributed by atoms with E-state index in [1.54, 1.807) is 17.6 Å². The molecule has 2 aromatic heterocycles. The minimum absolute atomic E-state index is 0.0724. The molecule has 1 aliphatic rings. The van der Waals surface area contributed by atoms with Crippen LogP contribution in [0.1, 0.15) is 5.69 Å². The zero-order valence-electron chi connectivity index (χ0n) is 9.76. The summed E-state index contributed by atoms with van der Waals surface area (Å²) in [6.07, 6.45) is 1.67.